The number of ketones is 1. The highest BCUT2D eigenvalue weighted by molar-refractivity contribution is 5.95. The molecule has 0 radical (unpaired) electrons. The lowest BCUT2D eigenvalue weighted by molar-refractivity contribution is -0.683. The molecule has 0 unspecified atom stereocenters. The van der Waals surface area contributed by atoms with Gasteiger partial charge in [-0.3, -0.25) is 4.79 Å². The van der Waals surface area contributed by atoms with Crippen molar-refractivity contribution in [3.05, 3.63) is 90.3 Å². The highest BCUT2D eigenvalue weighted by Gasteiger charge is 2.14. The smallest absolute Gasteiger partial charge is 0.338 e. The number of benzene rings is 2. The molecule has 0 saturated carbocycles. The second kappa shape index (κ2) is 8.21. The van der Waals surface area contributed by atoms with Crippen LogP contribution in [0.1, 0.15) is 27.6 Å². The molecular weight excluding hydrogens is 326 g/mol. The van der Waals surface area contributed by atoms with E-state index >= 15 is 0 Å². The van der Waals surface area contributed by atoms with E-state index in [4.69, 9.17) is 4.74 Å². The van der Waals surface area contributed by atoms with E-state index in [0.29, 0.717) is 17.7 Å². The number of esters is 1. The van der Waals surface area contributed by atoms with E-state index in [1.54, 1.807) is 36.0 Å². The molecule has 130 valence electrons. The lowest BCUT2D eigenvalue weighted by atomic mass is 10.0. The minimum absolute atomic E-state index is 0.0125. The van der Waals surface area contributed by atoms with E-state index in [-0.39, 0.29) is 18.3 Å². The molecule has 0 N–H and O–H groups in total. The molecule has 4 heteroatoms. The zero-order chi connectivity index (χ0) is 18.4. The van der Waals surface area contributed by atoms with E-state index in [1.807, 2.05) is 54.6 Å². The van der Waals surface area contributed by atoms with Crippen LogP contribution >= 0.6 is 0 Å². The van der Waals surface area contributed by atoms with Crippen molar-refractivity contribution in [2.24, 2.45) is 0 Å². The summed E-state index contributed by atoms with van der Waals surface area (Å²) in [6, 6.07) is 21.0. The van der Waals surface area contributed by atoms with Crippen molar-refractivity contribution >= 4 is 11.8 Å². The van der Waals surface area contributed by atoms with Gasteiger partial charge in [-0.2, -0.15) is 4.57 Å². The fourth-order valence-corrected chi connectivity index (χ4v) is 2.65. The molecule has 3 rings (SSSR count). The number of Topliss-reactive ketones (excluding diaryl/α,β-unsaturated/α-hetero) is 1. The Balaban J connectivity index is 1.67. The number of hydrogen-bond acceptors (Lipinski definition) is 3. The molecule has 0 amide bonds. The van der Waals surface area contributed by atoms with Gasteiger partial charge in [0.05, 0.1) is 12.2 Å². The minimum atomic E-state index is -0.359. The Morgan fingerprint density at radius 3 is 2.04 bits per heavy atom. The van der Waals surface area contributed by atoms with Crippen LogP contribution in [0.25, 0.3) is 11.1 Å². The highest BCUT2D eigenvalue weighted by Crippen LogP contribution is 2.19. The molecule has 0 fully saturated rings. The number of aromatic nitrogens is 1. The number of ether oxygens (including phenoxy) is 1. The van der Waals surface area contributed by atoms with Gasteiger partial charge in [0.25, 0.3) is 0 Å². The highest BCUT2D eigenvalue weighted by atomic mass is 16.5. The van der Waals surface area contributed by atoms with Crippen LogP contribution in [0.4, 0.5) is 0 Å². The van der Waals surface area contributed by atoms with Crippen molar-refractivity contribution in [3.8, 4) is 11.1 Å². The first kappa shape index (κ1) is 17.5. The maximum absolute atomic E-state index is 12.5. The molecule has 0 bridgehead atoms. The van der Waals surface area contributed by atoms with E-state index in [9.17, 15) is 9.59 Å². The second-order valence-electron chi connectivity index (χ2n) is 5.85. The summed E-state index contributed by atoms with van der Waals surface area (Å²) in [4.78, 5) is 24.1. The Labute approximate surface area is 152 Å². The summed E-state index contributed by atoms with van der Waals surface area (Å²) in [7, 11) is 0. The number of nitrogens with zero attached hydrogens (tertiary/aromatic N) is 1. The summed E-state index contributed by atoms with van der Waals surface area (Å²) < 4.78 is 6.70. The quantitative estimate of drug-likeness (QED) is 0.388. The Hall–Kier alpha value is -3.27. The first-order valence-electron chi connectivity index (χ1n) is 8.52. The van der Waals surface area contributed by atoms with E-state index in [0.717, 1.165) is 11.1 Å². The predicted octanol–water partition coefficient (Wildman–Crippen LogP) is 3.70. The third-order valence-electron chi connectivity index (χ3n) is 4.04. The molecule has 0 spiro atoms. The van der Waals surface area contributed by atoms with E-state index in [2.05, 4.69) is 0 Å². The van der Waals surface area contributed by atoms with Crippen molar-refractivity contribution in [3.63, 3.8) is 0 Å². The average molecular weight is 346 g/mol. The third kappa shape index (κ3) is 4.22. The maximum Gasteiger partial charge on any atom is 0.338 e. The van der Waals surface area contributed by atoms with Crippen LogP contribution in [0.15, 0.2) is 79.1 Å². The summed E-state index contributed by atoms with van der Waals surface area (Å²) in [5.74, 6) is -0.346. The topological polar surface area (TPSA) is 47.2 Å². The SMILES string of the molecule is CCOC(=O)c1cc[n+](CC(=O)c2ccc(-c3ccccc3)cc2)cc1. The Bertz CT molecular complexity index is 885. The fraction of sp³-hybridized carbons (Fsp3) is 0.136. The first-order valence-corrected chi connectivity index (χ1v) is 8.52. The van der Waals surface area contributed by atoms with Crippen LogP contribution in [-0.4, -0.2) is 18.4 Å². The minimum Gasteiger partial charge on any atom is -0.462 e. The summed E-state index contributed by atoms with van der Waals surface area (Å²) >= 11 is 0. The van der Waals surface area contributed by atoms with Crippen molar-refractivity contribution in [1.29, 1.82) is 0 Å². The normalized spacial score (nSPS) is 10.3. The number of rotatable bonds is 6. The molecule has 26 heavy (non-hydrogen) atoms. The largest absolute Gasteiger partial charge is 0.462 e. The van der Waals surface area contributed by atoms with E-state index < -0.39 is 0 Å². The predicted molar refractivity (Wildman–Crippen MR) is 98.8 cm³/mol. The number of hydrogen-bond donors (Lipinski definition) is 0. The van der Waals surface area contributed by atoms with Crippen molar-refractivity contribution in [2.75, 3.05) is 6.61 Å². The molecule has 4 nitrogen and oxygen atoms in total. The number of carbonyl (C=O) groups is 2. The van der Waals surface area contributed by atoms with Gasteiger partial charge in [-0.1, -0.05) is 54.6 Å². The van der Waals surface area contributed by atoms with Crippen LogP contribution in [0.2, 0.25) is 0 Å². The third-order valence-corrected chi connectivity index (χ3v) is 4.04. The molecule has 1 heterocycles. The lowest BCUT2D eigenvalue weighted by Crippen LogP contribution is -2.37. The molecule has 0 saturated heterocycles. The van der Waals surface area contributed by atoms with Gasteiger partial charge in [0.2, 0.25) is 12.3 Å². The lowest BCUT2D eigenvalue weighted by Gasteiger charge is -2.03. The molecule has 0 aliphatic heterocycles. The van der Waals surface area contributed by atoms with Gasteiger partial charge in [-0.05, 0) is 18.1 Å². The molecule has 0 atom stereocenters. The van der Waals surface area contributed by atoms with Crippen LogP contribution in [0.5, 0.6) is 0 Å². The van der Waals surface area contributed by atoms with Crippen molar-refractivity contribution in [1.82, 2.24) is 0 Å². The van der Waals surface area contributed by atoms with Crippen molar-refractivity contribution in [2.45, 2.75) is 13.5 Å². The van der Waals surface area contributed by atoms with Gasteiger partial charge in [0, 0.05) is 17.7 Å². The summed E-state index contributed by atoms with van der Waals surface area (Å²) in [5, 5.41) is 0. The van der Waals surface area contributed by atoms with Gasteiger partial charge in [-0.25, -0.2) is 4.79 Å². The summed E-state index contributed by atoms with van der Waals surface area (Å²) in [5.41, 5.74) is 3.33. The first-order chi connectivity index (χ1) is 12.7. The van der Waals surface area contributed by atoms with Crippen molar-refractivity contribution < 1.29 is 18.9 Å². The van der Waals surface area contributed by atoms with Crippen LogP contribution < -0.4 is 4.57 Å². The van der Waals surface area contributed by atoms with Gasteiger partial charge in [0.15, 0.2) is 12.4 Å². The summed E-state index contributed by atoms with van der Waals surface area (Å²) in [6.45, 7) is 2.32. The Kier molecular flexibility index (Phi) is 5.54. The van der Waals surface area contributed by atoms with Crippen LogP contribution in [-0.2, 0) is 11.3 Å². The summed E-state index contributed by atoms with van der Waals surface area (Å²) in [6.07, 6.45) is 3.42. The van der Waals surface area contributed by atoms with Gasteiger partial charge >= 0.3 is 5.97 Å². The zero-order valence-corrected chi connectivity index (χ0v) is 14.6. The monoisotopic (exact) mass is 346 g/mol. The standard InChI is InChI=1S/C22H20NO3/c1-2-26-22(25)20-12-14-23(15-13-20)16-21(24)19-10-8-18(9-11-19)17-6-4-3-5-7-17/h3-15H,2,16H2,1H3/q+1. The zero-order valence-electron chi connectivity index (χ0n) is 14.6. The number of pyridine rings is 1. The Morgan fingerprint density at radius 1 is 0.808 bits per heavy atom. The van der Waals surface area contributed by atoms with E-state index in [1.165, 1.54) is 0 Å². The molecule has 1 aromatic heterocycles. The maximum atomic E-state index is 12.5. The molecular formula is C22H20NO3+. The Morgan fingerprint density at radius 2 is 1.42 bits per heavy atom. The second-order valence-corrected chi connectivity index (χ2v) is 5.85. The van der Waals surface area contributed by atoms with Gasteiger partial charge in [-0.15, -0.1) is 0 Å². The molecule has 0 aliphatic carbocycles. The molecule has 3 aromatic rings. The average Bonchev–Trinajstić information content (AvgIpc) is 2.69. The fourth-order valence-electron chi connectivity index (χ4n) is 2.65. The molecule has 0 aliphatic rings. The van der Waals surface area contributed by atoms with Gasteiger partial charge < -0.3 is 4.74 Å². The van der Waals surface area contributed by atoms with Crippen LogP contribution in [0.3, 0.4) is 0 Å². The van der Waals surface area contributed by atoms with Crippen LogP contribution in [0, 0.1) is 0 Å². The van der Waals surface area contributed by atoms with Gasteiger partial charge in [0.1, 0.15) is 0 Å². The molecule has 2 aromatic carbocycles. The number of carbonyl (C=O) groups excluding carboxylic acids is 2.